The Bertz CT molecular complexity index is 983. The molecule has 28 heavy (non-hydrogen) atoms. The minimum Gasteiger partial charge on any atom is -0.477 e. The normalized spacial score (nSPS) is 16.4. The lowest BCUT2D eigenvalue weighted by atomic mass is 10.1. The van der Waals surface area contributed by atoms with Crippen molar-refractivity contribution in [2.75, 3.05) is 6.61 Å². The number of nitrogens with zero attached hydrogens (tertiary/aromatic N) is 2. The predicted molar refractivity (Wildman–Crippen MR) is 107 cm³/mol. The van der Waals surface area contributed by atoms with E-state index in [4.69, 9.17) is 9.15 Å². The third-order valence-electron chi connectivity index (χ3n) is 4.22. The number of thioether (sulfide) groups is 1. The van der Waals surface area contributed by atoms with Crippen molar-refractivity contribution in [2.45, 2.75) is 25.8 Å². The second-order valence-corrected chi connectivity index (χ2v) is 8.14. The molecule has 0 radical (unpaired) electrons. The quantitative estimate of drug-likeness (QED) is 0.630. The highest BCUT2D eigenvalue weighted by Gasteiger charge is 2.31. The molecule has 0 spiro atoms. The smallest absolute Gasteiger partial charge is 0.287 e. The molecule has 1 saturated heterocycles. The van der Waals surface area contributed by atoms with Crippen LogP contribution in [-0.2, 0) is 17.6 Å². The Morgan fingerprint density at radius 3 is 2.86 bits per heavy atom. The Balaban J connectivity index is 1.30. The first-order valence-electron chi connectivity index (χ1n) is 8.68. The number of aryl methyl sites for hydroxylation is 1. The van der Waals surface area contributed by atoms with Gasteiger partial charge in [-0.3, -0.25) is 9.59 Å². The van der Waals surface area contributed by atoms with E-state index in [1.807, 2.05) is 30.5 Å². The van der Waals surface area contributed by atoms with Crippen LogP contribution in [0.25, 0.3) is 10.8 Å². The minimum absolute atomic E-state index is 0.157. The van der Waals surface area contributed by atoms with Gasteiger partial charge in [0.15, 0.2) is 0 Å². The molecule has 3 aromatic rings. The summed E-state index contributed by atoms with van der Waals surface area (Å²) in [5, 5.41) is 4.17. The van der Waals surface area contributed by atoms with Crippen LogP contribution in [0.2, 0.25) is 0 Å². The fraction of sp³-hybridized carbons (Fsp3) is 0.263. The van der Waals surface area contributed by atoms with Crippen LogP contribution in [0.3, 0.4) is 0 Å². The molecule has 1 atom stereocenters. The molecule has 1 unspecified atom stereocenters. The Hall–Kier alpha value is -2.65. The molecule has 1 N–H and O–H groups in total. The minimum atomic E-state index is -0.487. The molecule has 1 aliphatic heterocycles. The highest BCUT2D eigenvalue weighted by atomic mass is 32.2. The number of oxazole rings is 1. The zero-order valence-electron chi connectivity index (χ0n) is 15.0. The molecule has 144 valence electrons. The van der Waals surface area contributed by atoms with Crippen molar-refractivity contribution in [3.8, 4) is 16.6 Å². The highest BCUT2D eigenvalue weighted by Crippen LogP contribution is 2.26. The van der Waals surface area contributed by atoms with Crippen molar-refractivity contribution in [1.82, 2.24) is 15.3 Å². The molecule has 9 heteroatoms. The van der Waals surface area contributed by atoms with E-state index in [0.717, 1.165) is 21.9 Å². The lowest BCUT2D eigenvalue weighted by molar-refractivity contribution is -0.112. The molecule has 7 nitrogen and oxygen atoms in total. The van der Waals surface area contributed by atoms with Crippen LogP contribution >= 0.6 is 23.1 Å². The molecule has 4 heterocycles. The van der Waals surface area contributed by atoms with Crippen molar-refractivity contribution < 1.29 is 18.7 Å². The first kappa shape index (κ1) is 18.7. The monoisotopic (exact) mass is 415 g/mol. The van der Waals surface area contributed by atoms with Crippen molar-refractivity contribution in [1.29, 1.82) is 0 Å². The zero-order valence-corrected chi connectivity index (χ0v) is 16.6. The Kier molecular flexibility index (Phi) is 5.45. The lowest BCUT2D eigenvalue weighted by Gasteiger charge is -2.08. The van der Waals surface area contributed by atoms with E-state index in [9.17, 15) is 9.59 Å². The number of rotatable bonds is 7. The number of aromatic nitrogens is 2. The zero-order chi connectivity index (χ0) is 19.5. The van der Waals surface area contributed by atoms with Gasteiger partial charge in [0.25, 0.3) is 5.24 Å². The molecule has 0 aromatic carbocycles. The van der Waals surface area contributed by atoms with E-state index in [0.29, 0.717) is 43.0 Å². The first-order chi connectivity index (χ1) is 13.6. The molecule has 1 aliphatic rings. The Morgan fingerprint density at radius 1 is 1.29 bits per heavy atom. The fourth-order valence-corrected chi connectivity index (χ4v) is 4.12. The van der Waals surface area contributed by atoms with Gasteiger partial charge in [0.05, 0.1) is 17.2 Å². The van der Waals surface area contributed by atoms with E-state index in [1.165, 1.54) is 0 Å². The predicted octanol–water partition coefficient (Wildman–Crippen LogP) is 3.62. The van der Waals surface area contributed by atoms with Crippen molar-refractivity contribution in [3.63, 3.8) is 0 Å². The van der Waals surface area contributed by atoms with Gasteiger partial charge in [-0.05, 0) is 23.9 Å². The Morgan fingerprint density at radius 2 is 2.18 bits per heavy atom. The largest absolute Gasteiger partial charge is 0.477 e. The van der Waals surface area contributed by atoms with Crippen LogP contribution in [0.4, 0.5) is 4.79 Å². The van der Waals surface area contributed by atoms with Crippen LogP contribution in [0.15, 0.2) is 40.3 Å². The van der Waals surface area contributed by atoms with Crippen LogP contribution in [0, 0.1) is 6.92 Å². The average Bonchev–Trinajstić information content (AvgIpc) is 3.39. The topological polar surface area (TPSA) is 94.3 Å². The van der Waals surface area contributed by atoms with E-state index in [2.05, 4.69) is 15.3 Å². The summed E-state index contributed by atoms with van der Waals surface area (Å²) in [6.45, 7) is 2.32. The summed E-state index contributed by atoms with van der Waals surface area (Å²) in [6.07, 6.45) is 2.70. The van der Waals surface area contributed by atoms with Gasteiger partial charge in [0.1, 0.15) is 11.8 Å². The summed E-state index contributed by atoms with van der Waals surface area (Å²) in [4.78, 5) is 32.7. The van der Waals surface area contributed by atoms with E-state index in [1.54, 1.807) is 23.6 Å². The number of amides is 1. The maximum Gasteiger partial charge on any atom is 0.287 e. The number of carbonyl (C=O) groups is 2. The molecule has 4 rings (SSSR count). The van der Waals surface area contributed by atoms with Crippen LogP contribution in [0.5, 0.6) is 5.88 Å². The van der Waals surface area contributed by atoms with Gasteiger partial charge in [-0.1, -0.05) is 12.1 Å². The summed E-state index contributed by atoms with van der Waals surface area (Å²) in [7, 11) is 0. The Labute approximate surface area is 169 Å². The highest BCUT2D eigenvalue weighted by molar-refractivity contribution is 8.26. The van der Waals surface area contributed by atoms with Gasteiger partial charge < -0.3 is 14.5 Å². The third kappa shape index (κ3) is 4.26. The fourth-order valence-electron chi connectivity index (χ4n) is 2.80. The molecule has 0 saturated carbocycles. The number of nitrogens with one attached hydrogen (secondary N) is 1. The molecule has 1 fully saturated rings. The van der Waals surface area contributed by atoms with Crippen LogP contribution < -0.4 is 10.1 Å². The standard InChI is InChI=1S/C19H17N3O4S2/c1-11-13(21-17(26-11)15-3-2-8-27-15)6-7-25-16-5-4-12(10-20-16)9-14-18(23)28-19(24)22-14/h2-5,8,10,14H,6-7,9H2,1H3,(H,22,24). The van der Waals surface area contributed by atoms with Crippen molar-refractivity contribution in [2.24, 2.45) is 0 Å². The van der Waals surface area contributed by atoms with Gasteiger partial charge in [0.2, 0.25) is 16.9 Å². The van der Waals surface area contributed by atoms with Gasteiger partial charge in [0, 0.05) is 36.9 Å². The van der Waals surface area contributed by atoms with Crippen LogP contribution in [0.1, 0.15) is 17.0 Å². The summed E-state index contributed by atoms with van der Waals surface area (Å²) >= 11 is 2.30. The van der Waals surface area contributed by atoms with E-state index < -0.39 is 6.04 Å². The molecule has 3 aromatic heterocycles. The second kappa shape index (κ2) is 8.15. The van der Waals surface area contributed by atoms with Crippen molar-refractivity contribution >= 4 is 33.5 Å². The molecular formula is C19H17N3O4S2. The molecule has 1 amide bonds. The summed E-state index contributed by atoms with van der Waals surface area (Å²) in [5.41, 5.74) is 1.73. The maximum absolute atomic E-state index is 11.7. The van der Waals surface area contributed by atoms with Crippen molar-refractivity contribution in [3.05, 3.63) is 52.9 Å². The number of thiophene rings is 1. The van der Waals surface area contributed by atoms with Gasteiger partial charge in [-0.25, -0.2) is 9.97 Å². The van der Waals surface area contributed by atoms with Crippen LogP contribution in [-0.4, -0.2) is 33.0 Å². The number of pyridine rings is 1. The number of hydrogen-bond acceptors (Lipinski definition) is 8. The molecule has 0 aliphatic carbocycles. The molecular weight excluding hydrogens is 398 g/mol. The number of carbonyl (C=O) groups excluding carboxylic acids is 2. The van der Waals surface area contributed by atoms with E-state index in [-0.39, 0.29) is 10.4 Å². The third-order valence-corrected chi connectivity index (χ3v) is 5.87. The SMILES string of the molecule is Cc1oc(-c2cccs2)nc1CCOc1ccc(CC2NC(=O)SC2=O)cn1. The summed E-state index contributed by atoms with van der Waals surface area (Å²) in [6, 6.07) is 7.06. The van der Waals surface area contributed by atoms with Gasteiger partial charge >= 0.3 is 0 Å². The summed E-state index contributed by atoms with van der Waals surface area (Å²) < 4.78 is 11.4. The number of ether oxygens (including phenoxy) is 1. The van der Waals surface area contributed by atoms with Gasteiger partial charge in [-0.2, -0.15) is 0 Å². The summed E-state index contributed by atoms with van der Waals surface area (Å²) in [5.74, 6) is 1.92. The first-order valence-corrected chi connectivity index (χ1v) is 10.4. The maximum atomic E-state index is 11.7. The van der Waals surface area contributed by atoms with E-state index >= 15 is 0 Å². The lowest BCUT2D eigenvalue weighted by Crippen LogP contribution is -2.30. The molecule has 0 bridgehead atoms. The number of hydrogen-bond donors (Lipinski definition) is 1. The average molecular weight is 415 g/mol. The van der Waals surface area contributed by atoms with Gasteiger partial charge in [-0.15, -0.1) is 11.3 Å². The second-order valence-electron chi connectivity index (χ2n) is 6.21.